The summed E-state index contributed by atoms with van der Waals surface area (Å²) in [5.41, 5.74) is 3.69. The van der Waals surface area contributed by atoms with Crippen molar-refractivity contribution in [2.24, 2.45) is 22.7 Å². The van der Waals surface area contributed by atoms with Gasteiger partial charge < -0.3 is 14.6 Å². The largest absolute Gasteiger partial charge is 0.496 e. The van der Waals surface area contributed by atoms with Gasteiger partial charge in [0.2, 0.25) is 10.0 Å². The predicted octanol–water partition coefficient (Wildman–Crippen LogP) is 3.09. The van der Waals surface area contributed by atoms with Crippen LogP contribution in [0.5, 0.6) is 5.75 Å². The number of hydrogen-bond donors (Lipinski definition) is 2. The molecule has 0 aromatic heterocycles. The quantitative estimate of drug-likeness (QED) is 0.547. The van der Waals surface area contributed by atoms with E-state index in [9.17, 15) is 18.3 Å². The first-order chi connectivity index (χ1) is 18.7. The Morgan fingerprint density at radius 2 is 1.95 bits per heavy atom. The topological polar surface area (TPSA) is 118 Å². The number of aliphatic imine (C=N–C) groups is 1. The predicted molar refractivity (Wildman–Crippen MR) is 148 cm³/mol. The second kappa shape index (κ2) is 9.60. The van der Waals surface area contributed by atoms with Gasteiger partial charge in [-0.1, -0.05) is 18.2 Å². The van der Waals surface area contributed by atoms with Crippen molar-refractivity contribution in [2.75, 3.05) is 38.3 Å². The van der Waals surface area contributed by atoms with Crippen LogP contribution in [0.4, 0.5) is 11.4 Å². The minimum atomic E-state index is -3.48. The number of sulfonamides is 1. The summed E-state index contributed by atoms with van der Waals surface area (Å²) in [5, 5.41) is 10.8. The van der Waals surface area contributed by atoms with E-state index in [-0.39, 0.29) is 17.9 Å². The van der Waals surface area contributed by atoms with Crippen molar-refractivity contribution in [3.63, 3.8) is 0 Å². The van der Waals surface area contributed by atoms with Crippen LogP contribution < -0.4 is 9.46 Å². The fourth-order valence-corrected chi connectivity index (χ4v) is 8.28. The second-order valence-electron chi connectivity index (χ2n) is 11.3. The number of ether oxygens (including phenoxy) is 2. The lowest BCUT2D eigenvalue weighted by atomic mass is 9.59. The Bertz CT molecular complexity index is 1440. The molecule has 1 saturated carbocycles. The van der Waals surface area contributed by atoms with Crippen molar-refractivity contribution < 1.29 is 27.8 Å². The molecule has 6 rings (SSSR count). The lowest BCUT2D eigenvalue weighted by Crippen LogP contribution is -2.63. The van der Waals surface area contributed by atoms with Gasteiger partial charge in [-0.25, -0.2) is 8.42 Å². The van der Waals surface area contributed by atoms with Gasteiger partial charge in [-0.3, -0.25) is 19.4 Å². The molecule has 9 nitrogen and oxygen atoms in total. The van der Waals surface area contributed by atoms with Gasteiger partial charge in [0.25, 0.3) is 0 Å². The normalized spacial score (nSPS) is 31.7. The molecule has 2 aromatic carbocycles. The summed E-state index contributed by atoms with van der Waals surface area (Å²) in [6.07, 6.45) is 3.37. The number of nitrogens with zero attached hydrogens (tertiary/aromatic N) is 2. The highest BCUT2D eigenvalue weighted by Crippen LogP contribution is 2.56. The second-order valence-corrected chi connectivity index (χ2v) is 13.1. The van der Waals surface area contributed by atoms with E-state index in [0.29, 0.717) is 30.2 Å². The summed E-state index contributed by atoms with van der Waals surface area (Å²) in [7, 11) is -0.464. The van der Waals surface area contributed by atoms with E-state index >= 15 is 0 Å². The molecule has 3 aliphatic heterocycles. The zero-order valence-corrected chi connectivity index (χ0v) is 23.3. The zero-order valence-electron chi connectivity index (χ0n) is 22.5. The number of fused-ring (bicyclic) bond motifs is 6. The van der Waals surface area contributed by atoms with E-state index < -0.39 is 27.5 Å². The summed E-state index contributed by atoms with van der Waals surface area (Å²) < 4.78 is 37.8. The van der Waals surface area contributed by atoms with Gasteiger partial charge in [0.1, 0.15) is 5.75 Å². The van der Waals surface area contributed by atoms with E-state index in [1.165, 1.54) is 7.11 Å². The monoisotopic (exact) mass is 553 g/mol. The molecule has 0 amide bonds. The number of anilines is 1. The van der Waals surface area contributed by atoms with Crippen LogP contribution in [0, 0.1) is 17.8 Å². The molecule has 2 saturated heterocycles. The number of carbonyl (C=O) groups excluding carboxylic acids is 1. The molecule has 2 aromatic rings. The Kier molecular flexibility index (Phi) is 6.47. The van der Waals surface area contributed by atoms with Gasteiger partial charge in [0.15, 0.2) is 0 Å². The maximum absolute atomic E-state index is 12.8. The molecular formula is C29H35N3O6S. The standard InChI is InChI=1S/C29H35N3O6S/c1-37-25-11-9-18(31-39(3,35)36)14-21(25)29-12-13-32-16-17-8-10-24(33)26(28(34)38-2)19(17)15-23(32)27(29)30-22-7-5-4-6-20(22)29/h4-7,9,11,14,17,19,23-24,26,31,33H,8,10,12-13,15-16H2,1-3H3/t17-,19-,23-,24-,26+,29+/m0/s1. The van der Waals surface area contributed by atoms with Crippen molar-refractivity contribution in [1.82, 2.24) is 4.90 Å². The summed E-state index contributed by atoms with van der Waals surface area (Å²) >= 11 is 0. The number of carbonyl (C=O) groups is 1. The molecular weight excluding hydrogens is 518 g/mol. The van der Waals surface area contributed by atoms with Crippen molar-refractivity contribution >= 4 is 33.1 Å². The molecule has 0 bridgehead atoms. The molecule has 0 unspecified atom stereocenters. The first-order valence-electron chi connectivity index (χ1n) is 13.5. The third-order valence-corrected chi connectivity index (χ3v) is 9.89. The van der Waals surface area contributed by atoms with Gasteiger partial charge in [-0.2, -0.15) is 0 Å². The summed E-state index contributed by atoms with van der Waals surface area (Å²) in [4.78, 5) is 20.5. The SMILES string of the molecule is COC(=O)[C@@H]1[C@H]2C[C@H]3C4=Nc5ccccc5[C@@]4(c4cc(NS(C)(=O)=O)ccc4OC)CCN3C[C@@H]2CC[C@@H]1O. The molecule has 10 heteroatoms. The molecule has 0 spiro atoms. The summed E-state index contributed by atoms with van der Waals surface area (Å²) in [6.45, 7) is 1.66. The van der Waals surface area contributed by atoms with Crippen molar-refractivity contribution in [3.05, 3.63) is 53.6 Å². The first kappa shape index (κ1) is 26.3. The highest BCUT2D eigenvalue weighted by molar-refractivity contribution is 7.92. The minimum Gasteiger partial charge on any atom is -0.496 e. The van der Waals surface area contributed by atoms with Crippen molar-refractivity contribution in [3.8, 4) is 5.75 Å². The number of aliphatic hydroxyl groups is 1. The number of aliphatic hydroxyl groups excluding tert-OH is 1. The van der Waals surface area contributed by atoms with E-state index in [1.54, 1.807) is 13.2 Å². The van der Waals surface area contributed by atoms with Crippen molar-refractivity contribution in [1.29, 1.82) is 0 Å². The van der Waals surface area contributed by atoms with Gasteiger partial charge in [0.05, 0.1) is 49.3 Å². The molecule has 2 N–H and O–H groups in total. The van der Waals surface area contributed by atoms with E-state index in [1.807, 2.05) is 30.3 Å². The first-order valence-corrected chi connectivity index (χ1v) is 15.4. The van der Waals surface area contributed by atoms with Crippen LogP contribution in [0.1, 0.15) is 36.8 Å². The Balaban J connectivity index is 1.48. The highest BCUT2D eigenvalue weighted by Gasteiger charge is 2.57. The zero-order chi connectivity index (χ0) is 27.5. The number of esters is 1. The molecule has 208 valence electrons. The number of para-hydroxylation sites is 1. The van der Waals surface area contributed by atoms with Crippen LogP contribution in [-0.4, -0.2) is 75.8 Å². The highest BCUT2D eigenvalue weighted by atomic mass is 32.2. The third-order valence-electron chi connectivity index (χ3n) is 9.29. The minimum absolute atomic E-state index is 0.00945. The molecule has 0 radical (unpaired) electrons. The molecule has 3 fully saturated rings. The maximum atomic E-state index is 12.8. The fraction of sp³-hybridized carbons (Fsp3) is 0.517. The Morgan fingerprint density at radius 3 is 2.69 bits per heavy atom. The summed E-state index contributed by atoms with van der Waals surface area (Å²) in [5.74, 6) is 0.0763. The molecule has 3 heterocycles. The van der Waals surface area contributed by atoms with Crippen LogP contribution in [0.3, 0.4) is 0 Å². The lowest BCUT2D eigenvalue weighted by molar-refractivity contribution is -0.159. The Morgan fingerprint density at radius 1 is 1.15 bits per heavy atom. The number of rotatable bonds is 5. The Hall–Kier alpha value is -2.95. The fourth-order valence-electron chi connectivity index (χ4n) is 7.72. The van der Waals surface area contributed by atoms with Crippen LogP contribution in [-0.2, 0) is 25.0 Å². The van der Waals surface area contributed by atoms with Crippen LogP contribution in [0.25, 0.3) is 0 Å². The average Bonchev–Trinajstić information content (AvgIpc) is 3.26. The van der Waals surface area contributed by atoms with E-state index in [2.05, 4.69) is 15.7 Å². The smallest absolute Gasteiger partial charge is 0.311 e. The van der Waals surface area contributed by atoms with Gasteiger partial charge in [-0.15, -0.1) is 0 Å². The number of piperidine rings is 2. The molecule has 1 aliphatic carbocycles. The van der Waals surface area contributed by atoms with Crippen LogP contribution in [0.2, 0.25) is 0 Å². The number of nitrogens with one attached hydrogen (secondary N) is 1. The number of methoxy groups -OCH3 is 2. The summed E-state index contributed by atoms with van der Waals surface area (Å²) in [6, 6.07) is 13.5. The molecule has 39 heavy (non-hydrogen) atoms. The van der Waals surface area contributed by atoms with Crippen LogP contribution in [0.15, 0.2) is 47.5 Å². The average molecular weight is 554 g/mol. The van der Waals surface area contributed by atoms with E-state index in [4.69, 9.17) is 14.5 Å². The van der Waals surface area contributed by atoms with E-state index in [0.717, 1.165) is 54.7 Å². The van der Waals surface area contributed by atoms with Gasteiger partial charge in [0, 0.05) is 30.4 Å². The van der Waals surface area contributed by atoms with Crippen LogP contribution >= 0.6 is 0 Å². The number of benzene rings is 2. The third kappa shape index (κ3) is 4.24. The number of hydrogen-bond acceptors (Lipinski definition) is 8. The maximum Gasteiger partial charge on any atom is 0.311 e. The van der Waals surface area contributed by atoms with Gasteiger partial charge >= 0.3 is 5.97 Å². The molecule has 6 atom stereocenters. The Labute approximate surface area is 229 Å². The van der Waals surface area contributed by atoms with Crippen molar-refractivity contribution in [2.45, 2.75) is 43.2 Å². The molecule has 4 aliphatic rings. The lowest BCUT2D eigenvalue weighted by Gasteiger charge is -2.54. The van der Waals surface area contributed by atoms with Gasteiger partial charge in [-0.05, 0) is 67.3 Å².